The van der Waals surface area contributed by atoms with Gasteiger partial charge in [0.25, 0.3) is 0 Å². The Bertz CT molecular complexity index is 2060. The van der Waals surface area contributed by atoms with Crippen molar-refractivity contribution in [1.29, 1.82) is 0 Å². The Morgan fingerprint density at radius 2 is 1.46 bits per heavy atom. The van der Waals surface area contributed by atoms with Crippen LogP contribution in [-0.4, -0.2) is 51.1 Å². The van der Waals surface area contributed by atoms with Crippen LogP contribution in [0, 0.1) is 51.8 Å². The van der Waals surface area contributed by atoms with Gasteiger partial charge in [0.15, 0.2) is 0 Å². The predicted molar refractivity (Wildman–Crippen MR) is 251 cm³/mol. The fourth-order valence-electron chi connectivity index (χ4n) is 12.9. The van der Waals surface area contributed by atoms with E-state index in [1.54, 1.807) is 23.8 Å². The van der Waals surface area contributed by atoms with E-state index in [4.69, 9.17) is 23.7 Å². The lowest BCUT2D eigenvalue weighted by molar-refractivity contribution is -0.137. The number of hydrogen-bond donors (Lipinski definition) is 0. The molecule has 1 aliphatic heterocycles. The second-order valence-corrected chi connectivity index (χ2v) is 21.8. The predicted octanol–water partition coefficient (Wildman–Crippen LogP) is 13.6. The number of rotatable bonds is 19. The van der Waals surface area contributed by atoms with Crippen LogP contribution in [0.1, 0.15) is 159 Å². The van der Waals surface area contributed by atoms with E-state index in [2.05, 4.69) is 47.6 Å². The standard InChI is InChI=1S/C56H76O7/c1-38(2)12-11-13-39(3)49-24-25-50-48-23-19-44-34-47(26-28-55(44,5)51(48)27-29-56(49,50)6)63-53(58)43-15-14-42-33-46(22-18-41(42)32-43)62-52(57)40-16-20-45(21-17-40)61-31-10-8-7-9-30-59-35-54(4)36-60-37-54/h14-22,32-33,38-39,47-51H,7-13,23-31,34-37H2,1-6H3. The van der Waals surface area contributed by atoms with E-state index in [1.165, 1.54) is 51.4 Å². The smallest absolute Gasteiger partial charge is 0.343 e. The molecule has 1 saturated heterocycles. The Labute approximate surface area is 378 Å². The molecular weight excluding hydrogens is 785 g/mol. The summed E-state index contributed by atoms with van der Waals surface area (Å²) < 4.78 is 29.0. The topological polar surface area (TPSA) is 80.3 Å². The molecular formula is C56H76O7. The summed E-state index contributed by atoms with van der Waals surface area (Å²) in [6.07, 6.45) is 20.5. The fraction of sp³-hybridized carbons (Fsp3) is 0.643. The lowest BCUT2D eigenvalue weighted by Crippen LogP contribution is -2.51. The summed E-state index contributed by atoms with van der Waals surface area (Å²) in [7, 11) is 0. The van der Waals surface area contributed by atoms with E-state index in [1.807, 2.05) is 42.5 Å². The third-order valence-electron chi connectivity index (χ3n) is 16.7. The molecule has 0 bridgehead atoms. The van der Waals surface area contributed by atoms with Gasteiger partial charge in [0.1, 0.15) is 17.6 Å². The zero-order valence-electron chi connectivity index (χ0n) is 39.4. The number of fused-ring (bicyclic) bond motifs is 6. The first-order valence-electron chi connectivity index (χ1n) is 24.9. The molecule has 0 radical (unpaired) electrons. The summed E-state index contributed by atoms with van der Waals surface area (Å²) in [5, 5.41) is 1.79. The summed E-state index contributed by atoms with van der Waals surface area (Å²) in [6, 6.07) is 18.3. The molecule has 4 aliphatic carbocycles. The summed E-state index contributed by atoms with van der Waals surface area (Å²) in [4.78, 5) is 26.6. The van der Waals surface area contributed by atoms with Gasteiger partial charge in [0.05, 0.1) is 37.6 Å². The molecule has 8 unspecified atom stereocenters. The van der Waals surface area contributed by atoms with Crippen molar-refractivity contribution in [2.24, 2.45) is 51.8 Å². The van der Waals surface area contributed by atoms with Crippen LogP contribution < -0.4 is 9.47 Å². The van der Waals surface area contributed by atoms with Gasteiger partial charge >= 0.3 is 11.9 Å². The third-order valence-corrected chi connectivity index (χ3v) is 16.7. The van der Waals surface area contributed by atoms with Crippen molar-refractivity contribution in [3.05, 3.63) is 83.4 Å². The van der Waals surface area contributed by atoms with Crippen molar-refractivity contribution in [2.75, 3.05) is 33.0 Å². The maximum Gasteiger partial charge on any atom is 0.343 e. The van der Waals surface area contributed by atoms with Crippen molar-refractivity contribution in [3.8, 4) is 11.5 Å². The van der Waals surface area contributed by atoms with Crippen LogP contribution >= 0.6 is 0 Å². The number of unbranched alkanes of at least 4 members (excludes halogenated alkanes) is 3. The highest BCUT2D eigenvalue weighted by Crippen LogP contribution is 2.67. The lowest BCUT2D eigenvalue weighted by Gasteiger charge is -2.58. The minimum Gasteiger partial charge on any atom is -0.494 e. The van der Waals surface area contributed by atoms with Crippen molar-refractivity contribution in [2.45, 2.75) is 144 Å². The second-order valence-electron chi connectivity index (χ2n) is 21.8. The summed E-state index contributed by atoms with van der Waals surface area (Å²) in [5.74, 6) is 5.39. The number of carbonyl (C=O) groups excluding carboxylic acids is 2. The zero-order valence-corrected chi connectivity index (χ0v) is 39.4. The van der Waals surface area contributed by atoms with Crippen LogP contribution in [0.15, 0.2) is 72.3 Å². The highest BCUT2D eigenvalue weighted by molar-refractivity contribution is 5.96. The van der Waals surface area contributed by atoms with Gasteiger partial charge in [-0.25, -0.2) is 9.59 Å². The molecule has 0 spiro atoms. The second kappa shape index (κ2) is 19.8. The van der Waals surface area contributed by atoms with E-state index >= 15 is 0 Å². The molecule has 4 fully saturated rings. The van der Waals surface area contributed by atoms with Crippen LogP contribution in [0.4, 0.5) is 0 Å². The molecule has 3 saturated carbocycles. The number of benzene rings is 3. The average molecular weight is 861 g/mol. The third kappa shape index (κ3) is 10.4. The Morgan fingerprint density at radius 3 is 2.22 bits per heavy atom. The highest BCUT2D eigenvalue weighted by atomic mass is 16.5. The average Bonchev–Trinajstić information content (AvgIpc) is 3.62. The SMILES string of the molecule is CC(C)CCCC(C)C1CCC2C3CC=C4CC(OC(=O)c5ccc6cc(OC(=O)c7ccc(OCCCCCCOCC8(C)COC8)cc7)ccc6c5)CCC4(C)C3CCC12C. The molecule has 8 atom stereocenters. The van der Waals surface area contributed by atoms with E-state index in [-0.39, 0.29) is 22.9 Å². The molecule has 0 amide bonds. The van der Waals surface area contributed by atoms with Gasteiger partial charge in [-0.05, 0) is 170 Å². The van der Waals surface area contributed by atoms with Crippen LogP contribution in [0.25, 0.3) is 10.8 Å². The van der Waals surface area contributed by atoms with E-state index in [9.17, 15) is 9.59 Å². The Hall–Kier alpha value is -3.68. The molecule has 7 heteroatoms. The highest BCUT2D eigenvalue weighted by Gasteiger charge is 2.59. The fourth-order valence-corrected chi connectivity index (χ4v) is 12.9. The molecule has 3 aromatic carbocycles. The van der Waals surface area contributed by atoms with Gasteiger partial charge < -0.3 is 23.7 Å². The van der Waals surface area contributed by atoms with Gasteiger partial charge in [-0.3, -0.25) is 0 Å². The molecule has 8 rings (SSSR count). The minimum atomic E-state index is -0.430. The first-order valence-corrected chi connectivity index (χ1v) is 24.9. The van der Waals surface area contributed by atoms with Crippen LogP contribution in [0.3, 0.4) is 0 Å². The van der Waals surface area contributed by atoms with Crippen LogP contribution in [0.2, 0.25) is 0 Å². The van der Waals surface area contributed by atoms with Gasteiger partial charge in [-0.15, -0.1) is 0 Å². The number of allylic oxidation sites excluding steroid dienone is 1. The molecule has 5 aliphatic rings. The molecule has 3 aromatic rings. The first kappa shape index (κ1) is 45.9. The van der Waals surface area contributed by atoms with Crippen LogP contribution in [0.5, 0.6) is 11.5 Å². The maximum atomic E-state index is 13.6. The van der Waals surface area contributed by atoms with E-state index in [0.717, 1.165) is 123 Å². The number of esters is 2. The van der Waals surface area contributed by atoms with Crippen molar-refractivity contribution in [1.82, 2.24) is 0 Å². The number of hydrogen-bond acceptors (Lipinski definition) is 7. The van der Waals surface area contributed by atoms with E-state index in [0.29, 0.717) is 28.9 Å². The van der Waals surface area contributed by atoms with Gasteiger partial charge in [-0.2, -0.15) is 0 Å². The zero-order chi connectivity index (χ0) is 44.2. The normalized spacial score (nSPS) is 28.9. The van der Waals surface area contributed by atoms with Crippen LogP contribution in [-0.2, 0) is 14.2 Å². The van der Waals surface area contributed by atoms with Crippen molar-refractivity contribution in [3.63, 3.8) is 0 Å². The molecule has 0 aromatic heterocycles. The first-order chi connectivity index (χ1) is 30.3. The quantitative estimate of drug-likeness (QED) is 0.0514. The number of carbonyl (C=O) groups is 2. The van der Waals surface area contributed by atoms with Gasteiger partial charge in [0.2, 0.25) is 0 Å². The summed E-state index contributed by atoms with van der Waals surface area (Å²) in [5.41, 5.74) is 3.47. The van der Waals surface area contributed by atoms with Crippen molar-refractivity contribution >= 4 is 22.7 Å². The monoisotopic (exact) mass is 861 g/mol. The Morgan fingerprint density at radius 1 is 0.730 bits per heavy atom. The summed E-state index contributed by atoms with van der Waals surface area (Å²) in [6.45, 7) is 18.5. The lowest BCUT2D eigenvalue weighted by atomic mass is 9.47. The minimum absolute atomic E-state index is 0.0922. The Kier molecular flexibility index (Phi) is 14.4. The van der Waals surface area contributed by atoms with Crippen molar-refractivity contribution < 1.29 is 33.3 Å². The molecule has 342 valence electrons. The summed E-state index contributed by atoms with van der Waals surface area (Å²) >= 11 is 0. The largest absolute Gasteiger partial charge is 0.494 e. The number of ether oxygens (including phenoxy) is 5. The van der Waals surface area contributed by atoms with Gasteiger partial charge in [0, 0.05) is 18.4 Å². The van der Waals surface area contributed by atoms with Gasteiger partial charge in [-0.1, -0.05) is 91.0 Å². The molecule has 0 N–H and O–H groups in total. The maximum absolute atomic E-state index is 13.6. The molecule has 7 nitrogen and oxygen atoms in total. The Balaban J connectivity index is 0.782. The van der Waals surface area contributed by atoms with E-state index < -0.39 is 5.97 Å². The molecule has 63 heavy (non-hydrogen) atoms. The molecule has 1 heterocycles.